The molecule has 2 aromatic rings. The van der Waals surface area contributed by atoms with Crippen LogP contribution in [-0.4, -0.2) is 42.0 Å². The van der Waals surface area contributed by atoms with Crippen molar-refractivity contribution in [2.45, 2.75) is 39.9 Å². The summed E-state index contributed by atoms with van der Waals surface area (Å²) in [5.74, 6) is -1.13. The number of aryl methyl sites for hydroxylation is 2. The van der Waals surface area contributed by atoms with Crippen LogP contribution in [0.15, 0.2) is 48.2 Å². The summed E-state index contributed by atoms with van der Waals surface area (Å²) in [4.78, 5) is 30.4. The van der Waals surface area contributed by atoms with Crippen LogP contribution < -0.4 is 4.90 Å². The lowest BCUT2D eigenvalue weighted by molar-refractivity contribution is -0.121. The highest BCUT2D eigenvalue weighted by Crippen LogP contribution is 2.37. The minimum Gasteiger partial charge on any atom is -0.372 e. The number of halogens is 1. The smallest absolute Gasteiger partial charge is 0.282 e. The molecular formula is C24H25FN2O3. The molecule has 0 N–H and O–H groups in total. The maximum Gasteiger partial charge on any atom is 0.282 e. The fourth-order valence-corrected chi connectivity index (χ4v) is 4.23. The van der Waals surface area contributed by atoms with E-state index < -0.39 is 5.82 Å². The van der Waals surface area contributed by atoms with Gasteiger partial charge in [-0.25, -0.2) is 9.29 Å². The van der Waals surface area contributed by atoms with Crippen molar-refractivity contribution in [3.05, 3.63) is 70.7 Å². The first-order valence-corrected chi connectivity index (χ1v) is 10.1. The Kier molecular flexibility index (Phi) is 5.20. The topological polar surface area (TPSA) is 49.9 Å². The molecule has 2 aromatic carbocycles. The van der Waals surface area contributed by atoms with Gasteiger partial charge in [0.05, 0.1) is 23.5 Å². The third-order valence-electron chi connectivity index (χ3n) is 5.53. The highest BCUT2D eigenvalue weighted by atomic mass is 19.1. The van der Waals surface area contributed by atoms with Crippen LogP contribution in [-0.2, 0) is 14.3 Å². The summed E-state index contributed by atoms with van der Waals surface area (Å²) >= 11 is 0. The summed E-state index contributed by atoms with van der Waals surface area (Å²) in [6.45, 7) is 8.71. The van der Waals surface area contributed by atoms with Gasteiger partial charge in [-0.15, -0.1) is 0 Å². The van der Waals surface area contributed by atoms with Gasteiger partial charge >= 0.3 is 0 Å². The molecule has 30 heavy (non-hydrogen) atoms. The van der Waals surface area contributed by atoms with Crippen molar-refractivity contribution < 1.29 is 18.7 Å². The molecule has 2 amide bonds. The average Bonchev–Trinajstić information content (AvgIpc) is 2.94. The molecular weight excluding hydrogens is 383 g/mol. The standard InChI is InChI=1S/C24H25FN2O3/c1-14-5-6-15(2)20(11-14)27-23(28)21(18-7-9-19(25)10-8-18)22(24(27)29)26-12-16(3)30-17(4)13-26/h5-11,16-17H,12-13H2,1-4H3. The summed E-state index contributed by atoms with van der Waals surface area (Å²) in [7, 11) is 0. The predicted molar refractivity (Wildman–Crippen MR) is 113 cm³/mol. The van der Waals surface area contributed by atoms with E-state index in [4.69, 9.17) is 4.74 Å². The molecule has 0 radical (unpaired) electrons. The van der Waals surface area contributed by atoms with Gasteiger partial charge in [0.1, 0.15) is 11.5 Å². The summed E-state index contributed by atoms with van der Waals surface area (Å²) in [5.41, 5.74) is 3.57. The molecule has 2 atom stereocenters. The van der Waals surface area contributed by atoms with Crippen molar-refractivity contribution >= 4 is 23.1 Å². The molecule has 2 aliphatic heterocycles. The van der Waals surface area contributed by atoms with Crippen molar-refractivity contribution in [3.63, 3.8) is 0 Å². The fourth-order valence-electron chi connectivity index (χ4n) is 4.23. The molecule has 2 unspecified atom stereocenters. The number of morpholine rings is 1. The molecule has 5 nitrogen and oxygen atoms in total. The SMILES string of the molecule is Cc1ccc(C)c(N2C(=O)C(c3ccc(F)cc3)=C(N3CC(C)OC(C)C3)C2=O)c1. The van der Waals surface area contributed by atoms with Gasteiger partial charge in [0, 0.05) is 13.1 Å². The lowest BCUT2D eigenvalue weighted by Crippen LogP contribution is -2.47. The van der Waals surface area contributed by atoms with Crippen molar-refractivity contribution in [2.24, 2.45) is 0 Å². The molecule has 0 spiro atoms. The maximum absolute atomic E-state index is 13.6. The number of imide groups is 1. The average molecular weight is 408 g/mol. The normalized spacial score (nSPS) is 22.3. The van der Waals surface area contributed by atoms with E-state index in [1.165, 1.54) is 17.0 Å². The van der Waals surface area contributed by atoms with Crippen molar-refractivity contribution in [2.75, 3.05) is 18.0 Å². The zero-order valence-corrected chi connectivity index (χ0v) is 17.6. The van der Waals surface area contributed by atoms with Crippen LogP contribution in [0.2, 0.25) is 0 Å². The fraction of sp³-hybridized carbons (Fsp3) is 0.333. The first-order chi connectivity index (χ1) is 14.3. The van der Waals surface area contributed by atoms with E-state index in [0.29, 0.717) is 35.6 Å². The van der Waals surface area contributed by atoms with Crippen LogP contribution >= 0.6 is 0 Å². The quantitative estimate of drug-likeness (QED) is 0.725. The number of ether oxygens (including phenoxy) is 1. The molecule has 2 heterocycles. The summed E-state index contributed by atoms with van der Waals surface area (Å²) < 4.78 is 19.4. The molecule has 0 aromatic heterocycles. The van der Waals surface area contributed by atoms with Gasteiger partial charge < -0.3 is 9.64 Å². The van der Waals surface area contributed by atoms with E-state index in [2.05, 4.69) is 0 Å². The highest BCUT2D eigenvalue weighted by Gasteiger charge is 2.44. The van der Waals surface area contributed by atoms with E-state index in [1.54, 1.807) is 12.1 Å². The number of nitrogens with zero attached hydrogens (tertiary/aromatic N) is 2. The van der Waals surface area contributed by atoms with Crippen LogP contribution in [0.3, 0.4) is 0 Å². The minimum atomic E-state index is -0.391. The van der Waals surface area contributed by atoms with E-state index in [1.807, 2.05) is 50.8 Å². The maximum atomic E-state index is 13.6. The van der Waals surface area contributed by atoms with Gasteiger partial charge in [0.15, 0.2) is 0 Å². The molecule has 0 aliphatic carbocycles. The lowest BCUT2D eigenvalue weighted by Gasteiger charge is -2.37. The van der Waals surface area contributed by atoms with E-state index in [9.17, 15) is 14.0 Å². The summed E-state index contributed by atoms with van der Waals surface area (Å²) in [6.07, 6.45) is -0.151. The number of carbonyl (C=O) groups is 2. The number of hydrogen-bond donors (Lipinski definition) is 0. The minimum absolute atomic E-state index is 0.0756. The van der Waals surface area contributed by atoms with Gasteiger partial charge in [0.2, 0.25) is 0 Å². The molecule has 6 heteroatoms. The van der Waals surface area contributed by atoms with Gasteiger partial charge in [-0.3, -0.25) is 9.59 Å². The van der Waals surface area contributed by atoms with Crippen LogP contribution in [0.25, 0.3) is 5.57 Å². The Morgan fingerprint density at radius 3 is 2.20 bits per heavy atom. The predicted octanol–water partition coefficient (Wildman–Crippen LogP) is 3.84. The van der Waals surface area contributed by atoms with Crippen molar-refractivity contribution in [1.29, 1.82) is 0 Å². The Morgan fingerprint density at radius 2 is 1.57 bits per heavy atom. The zero-order valence-electron chi connectivity index (χ0n) is 17.6. The first-order valence-electron chi connectivity index (χ1n) is 10.1. The Hall–Kier alpha value is -2.99. The van der Waals surface area contributed by atoms with E-state index in [-0.39, 0.29) is 24.0 Å². The largest absolute Gasteiger partial charge is 0.372 e. The van der Waals surface area contributed by atoms with Crippen molar-refractivity contribution in [3.8, 4) is 0 Å². The Balaban J connectivity index is 1.86. The molecule has 0 bridgehead atoms. The van der Waals surface area contributed by atoms with Gasteiger partial charge in [-0.2, -0.15) is 0 Å². The number of rotatable bonds is 3. The zero-order chi connectivity index (χ0) is 21.6. The van der Waals surface area contributed by atoms with E-state index >= 15 is 0 Å². The Labute approximate surface area is 175 Å². The number of benzene rings is 2. The second-order valence-corrected chi connectivity index (χ2v) is 8.13. The van der Waals surface area contributed by atoms with Gasteiger partial charge in [-0.1, -0.05) is 24.3 Å². The second kappa shape index (κ2) is 7.69. The molecule has 2 aliphatic rings. The molecule has 1 fully saturated rings. The lowest BCUT2D eigenvalue weighted by atomic mass is 10.0. The van der Waals surface area contributed by atoms with Crippen LogP contribution in [0.5, 0.6) is 0 Å². The van der Waals surface area contributed by atoms with Crippen molar-refractivity contribution in [1.82, 2.24) is 4.90 Å². The van der Waals surface area contributed by atoms with Crippen LogP contribution in [0.1, 0.15) is 30.5 Å². The van der Waals surface area contributed by atoms with E-state index in [0.717, 1.165) is 11.1 Å². The molecule has 4 rings (SSSR count). The number of amides is 2. The molecule has 0 saturated carbocycles. The third kappa shape index (κ3) is 3.52. The Bertz CT molecular complexity index is 1030. The van der Waals surface area contributed by atoms with Crippen LogP contribution in [0, 0.1) is 19.7 Å². The summed E-state index contributed by atoms with van der Waals surface area (Å²) in [6, 6.07) is 11.4. The third-order valence-corrected chi connectivity index (χ3v) is 5.53. The highest BCUT2D eigenvalue weighted by molar-refractivity contribution is 6.45. The van der Waals surface area contributed by atoms with Crippen LogP contribution in [0.4, 0.5) is 10.1 Å². The Morgan fingerprint density at radius 1 is 0.933 bits per heavy atom. The van der Waals surface area contributed by atoms with Gasteiger partial charge in [0.25, 0.3) is 11.8 Å². The molecule has 156 valence electrons. The second-order valence-electron chi connectivity index (χ2n) is 8.13. The van der Waals surface area contributed by atoms with Gasteiger partial charge in [-0.05, 0) is 62.6 Å². The number of hydrogen-bond acceptors (Lipinski definition) is 4. The molecule has 1 saturated heterocycles. The summed E-state index contributed by atoms with van der Waals surface area (Å²) in [5, 5.41) is 0. The monoisotopic (exact) mass is 408 g/mol. The number of carbonyl (C=O) groups excluding carboxylic acids is 2. The number of anilines is 1. The first kappa shape index (κ1) is 20.3.